The minimum atomic E-state index is 0.378. The lowest BCUT2D eigenvalue weighted by molar-refractivity contribution is -0.0290. The van der Waals surface area contributed by atoms with Crippen LogP contribution in [0.2, 0.25) is 0 Å². The summed E-state index contributed by atoms with van der Waals surface area (Å²) in [6, 6.07) is 2.56. The Labute approximate surface area is 121 Å². The van der Waals surface area contributed by atoms with Gasteiger partial charge < -0.3 is 4.74 Å². The maximum absolute atomic E-state index is 5.66. The monoisotopic (exact) mass is 332 g/mol. The second-order valence-electron chi connectivity index (χ2n) is 4.95. The first-order valence-corrected chi connectivity index (χ1v) is 8.19. The van der Waals surface area contributed by atoms with E-state index in [0.29, 0.717) is 12.1 Å². The second kappa shape index (κ2) is 7.01. The summed E-state index contributed by atoms with van der Waals surface area (Å²) in [5.41, 5.74) is 2.96. The Kier molecular flexibility index (Phi) is 5.63. The standard InChI is InChI=1S/C13H21BrN2OS/c1-2-17-12-4-9(5-12)3-11(16-15)7-13-6-10(14)8-18-13/h6,8-9,11-12,16H,2-5,7,15H2,1H3. The minimum Gasteiger partial charge on any atom is -0.378 e. The van der Waals surface area contributed by atoms with Gasteiger partial charge in [-0.1, -0.05) is 0 Å². The number of halogens is 1. The first-order valence-electron chi connectivity index (χ1n) is 6.51. The Bertz CT molecular complexity index is 366. The van der Waals surface area contributed by atoms with Gasteiger partial charge in [0.25, 0.3) is 0 Å². The number of nitrogens with two attached hydrogens (primary N) is 1. The molecule has 1 aliphatic carbocycles. The van der Waals surface area contributed by atoms with E-state index in [1.54, 1.807) is 11.3 Å². The fourth-order valence-corrected chi connectivity index (χ4v) is 4.09. The van der Waals surface area contributed by atoms with Crippen molar-refractivity contribution in [1.29, 1.82) is 0 Å². The highest BCUT2D eigenvalue weighted by Crippen LogP contribution is 2.34. The van der Waals surface area contributed by atoms with Gasteiger partial charge >= 0.3 is 0 Å². The van der Waals surface area contributed by atoms with Gasteiger partial charge in [0, 0.05) is 27.4 Å². The molecule has 1 aromatic rings. The lowest BCUT2D eigenvalue weighted by Gasteiger charge is -2.36. The lowest BCUT2D eigenvalue weighted by Crippen LogP contribution is -2.42. The summed E-state index contributed by atoms with van der Waals surface area (Å²) in [5, 5.41) is 2.12. The number of nitrogens with one attached hydrogen (secondary N) is 1. The van der Waals surface area contributed by atoms with E-state index in [0.717, 1.165) is 25.4 Å². The van der Waals surface area contributed by atoms with Crippen LogP contribution in [0.3, 0.4) is 0 Å². The van der Waals surface area contributed by atoms with Gasteiger partial charge in [-0.15, -0.1) is 11.3 Å². The van der Waals surface area contributed by atoms with Crippen LogP contribution in [0.4, 0.5) is 0 Å². The summed E-state index contributed by atoms with van der Waals surface area (Å²) < 4.78 is 6.75. The van der Waals surface area contributed by atoms with Gasteiger partial charge in [0.15, 0.2) is 0 Å². The van der Waals surface area contributed by atoms with Crippen molar-refractivity contribution in [1.82, 2.24) is 5.43 Å². The molecule has 102 valence electrons. The number of hydrogen-bond donors (Lipinski definition) is 2. The van der Waals surface area contributed by atoms with Gasteiger partial charge in [-0.3, -0.25) is 11.3 Å². The van der Waals surface area contributed by atoms with Crippen LogP contribution in [0.25, 0.3) is 0 Å². The Hall–Kier alpha value is 0.0600. The van der Waals surface area contributed by atoms with Crippen molar-refractivity contribution < 1.29 is 4.74 Å². The molecule has 0 bridgehead atoms. The van der Waals surface area contributed by atoms with E-state index in [4.69, 9.17) is 10.6 Å². The molecule has 3 N–H and O–H groups in total. The van der Waals surface area contributed by atoms with Crippen molar-refractivity contribution in [2.24, 2.45) is 11.8 Å². The average molecular weight is 333 g/mol. The molecule has 1 saturated carbocycles. The Morgan fingerprint density at radius 1 is 1.61 bits per heavy atom. The fourth-order valence-electron chi connectivity index (χ4n) is 2.56. The van der Waals surface area contributed by atoms with E-state index in [1.165, 1.54) is 22.2 Å². The van der Waals surface area contributed by atoms with Crippen LogP contribution in [0.1, 0.15) is 31.1 Å². The largest absolute Gasteiger partial charge is 0.378 e. The van der Waals surface area contributed by atoms with Gasteiger partial charge in [0.2, 0.25) is 0 Å². The lowest BCUT2D eigenvalue weighted by atomic mass is 9.78. The molecule has 0 saturated heterocycles. The predicted octanol–water partition coefficient (Wildman–Crippen LogP) is 3.09. The van der Waals surface area contributed by atoms with E-state index in [1.807, 2.05) is 0 Å². The van der Waals surface area contributed by atoms with Crippen molar-refractivity contribution in [3.05, 3.63) is 20.8 Å². The van der Waals surface area contributed by atoms with Gasteiger partial charge in [-0.25, -0.2) is 0 Å². The molecule has 1 unspecified atom stereocenters. The van der Waals surface area contributed by atoms with Crippen LogP contribution >= 0.6 is 27.3 Å². The smallest absolute Gasteiger partial charge is 0.0580 e. The summed E-state index contributed by atoms with van der Waals surface area (Å²) in [6.45, 7) is 2.89. The SMILES string of the molecule is CCOC1CC(CC(Cc2cc(Br)cs2)NN)C1. The highest BCUT2D eigenvalue weighted by molar-refractivity contribution is 9.10. The van der Waals surface area contributed by atoms with Crippen molar-refractivity contribution in [2.45, 2.75) is 44.8 Å². The van der Waals surface area contributed by atoms with Crippen LogP contribution in [0, 0.1) is 5.92 Å². The van der Waals surface area contributed by atoms with Gasteiger partial charge in [0.05, 0.1) is 6.10 Å². The van der Waals surface area contributed by atoms with E-state index < -0.39 is 0 Å². The van der Waals surface area contributed by atoms with Gasteiger partial charge in [0.1, 0.15) is 0 Å². The molecule has 0 aliphatic heterocycles. The van der Waals surface area contributed by atoms with Crippen molar-refractivity contribution in [3.63, 3.8) is 0 Å². The highest BCUT2D eigenvalue weighted by atomic mass is 79.9. The Morgan fingerprint density at radius 2 is 2.39 bits per heavy atom. The molecule has 1 fully saturated rings. The highest BCUT2D eigenvalue weighted by Gasteiger charge is 2.31. The van der Waals surface area contributed by atoms with Crippen molar-refractivity contribution >= 4 is 27.3 Å². The van der Waals surface area contributed by atoms with Crippen LogP contribution in [0.15, 0.2) is 15.9 Å². The molecule has 5 heteroatoms. The summed E-state index contributed by atoms with van der Waals surface area (Å²) in [5.74, 6) is 6.43. The molecule has 0 spiro atoms. The van der Waals surface area contributed by atoms with Crippen LogP contribution in [-0.4, -0.2) is 18.8 Å². The van der Waals surface area contributed by atoms with Gasteiger partial charge in [-0.2, -0.15) is 0 Å². The first kappa shape index (κ1) is 14.5. The summed E-state index contributed by atoms with van der Waals surface area (Å²) in [7, 11) is 0. The number of ether oxygens (including phenoxy) is 1. The van der Waals surface area contributed by atoms with Crippen molar-refractivity contribution in [2.75, 3.05) is 6.61 Å². The maximum Gasteiger partial charge on any atom is 0.0580 e. The normalized spacial score (nSPS) is 24.8. The zero-order valence-corrected chi connectivity index (χ0v) is 13.1. The van der Waals surface area contributed by atoms with Crippen LogP contribution in [0.5, 0.6) is 0 Å². The first-order chi connectivity index (χ1) is 8.71. The molecule has 0 radical (unpaired) electrons. The maximum atomic E-state index is 5.66. The molecule has 0 amide bonds. The van der Waals surface area contributed by atoms with Crippen LogP contribution in [-0.2, 0) is 11.2 Å². The minimum absolute atomic E-state index is 0.378. The molecule has 1 heterocycles. The van der Waals surface area contributed by atoms with E-state index in [2.05, 4.69) is 39.7 Å². The topological polar surface area (TPSA) is 47.3 Å². The average Bonchev–Trinajstić information content (AvgIpc) is 2.70. The third kappa shape index (κ3) is 4.03. The molecule has 1 aromatic heterocycles. The molecule has 2 rings (SSSR count). The van der Waals surface area contributed by atoms with Crippen molar-refractivity contribution in [3.8, 4) is 0 Å². The Morgan fingerprint density at radius 3 is 2.94 bits per heavy atom. The molecular formula is C13H21BrN2OS. The Balaban J connectivity index is 1.73. The number of thiophene rings is 1. The second-order valence-corrected chi connectivity index (χ2v) is 6.86. The fraction of sp³-hybridized carbons (Fsp3) is 0.692. The molecule has 18 heavy (non-hydrogen) atoms. The van der Waals surface area contributed by atoms with Crippen LogP contribution < -0.4 is 11.3 Å². The third-order valence-corrected chi connectivity index (χ3v) is 5.24. The van der Waals surface area contributed by atoms with E-state index in [-0.39, 0.29) is 0 Å². The number of rotatable bonds is 7. The molecule has 1 aliphatic rings. The zero-order valence-electron chi connectivity index (χ0n) is 10.7. The predicted molar refractivity (Wildman–Crippen MR) is 79.6 cm³/mol. The van der Waals surface area contributed by atoms with E-state index in [9.17, 15) is 0 Å². The molecule has 3 nitrogen and oxygen atoms in total. The quantitative estimate of drug-likeness (QED) is 0.595. The third-order valence-electron chi connectivity index (χ3n) is 3.52. The van der Waals surface area contributed by atoms with Gasteiger partial charge in [-0.05, 0) is 60.5 Å². The number of hydrazine groups is 1. The molecule has 0 aromatic carbocycles. The summed E-state index contributed by atoms with van der Waals surface area (Å²) in [6.07, 6.45) is 5.05. The summed E-state index contributed by atoms with van der Waals surface area (Å²) >= 11 is 5.27. The number of hydrogen-bond acceptors (Lipinski definition) is 4. The molecule has 1 atom stereocenters. The zero-order chi connectivity index (χ0) is 13.0. The van der Waals surface area contributed by atoms with E-state index >= 15 is 0 Å². The summed E-state index contributed by atoms with van der Waals surface area (Å²) in [4.78, 5) is 1.38. The molecular weight excluding hydrogens is 312 g/mol.